The number of amides is 3. The van der Waals surface area contributed by atoms with Gasteiger partial charge in [0, 0.05) is 10.0 Å². The molecule has 2 aromatic rings. The lowest BCUT2D eigenvalue weighted by Gasteiger charge is -2.36. The Balaban J connectivity index is 1.61. The normalized spacial score (nSPS) is 29.2. The number of Topliss-reactive ketones (excluding diaryl/α,β-unsaturated/α-hetero) is 1. The Morgan fingerprint density at radius 1 is 0.842 bits per heavy atom. The molecule has 198 valence electrons. The highest BCUT2D eigenvalue weighted by Gasteiger charge is 2.88. The van der Waals surface area contributed by atoms with Gasteiger partial charge in [-0.1, -0.05) is 98.2 Å². The fourth-order valence-electron chi connectivity index (χ4n) is 5.09. The van der Waals surface area contributed by atoms with E-state index in [-0.39, 0.29) is 26.2 Å². The average molecular weight is 720 g/mol. The van der Waals surface area contributed by atoms with Gasteiger partial charge in [0.25, 0.3) is 17.7 Å². The number of rotatable bonds is 5. The van der Waals surface area contributed by atoms with Crippen molar-refractivity contribution in [3.05, 3.63) is 79.2 Å². The molecule has 0 unspecified atom stereocenters. The number of hydrogen-bond donors (Lipinski definition) is 0. The minimum absolute atomic E-state index is 0.0360. The number of hydrazine groups is 1. The maximum Gasteiger partial charge on any atom is 0.274 e. The van der Waals surface area contributed by atoms with Gasteiger partial charge in [0.05, 0.1) is 32.5 Å². The van der Waals surface area contributed by atoms with Crippen LogP contribution in [0.15, 0.2) is 63.1 Å². The second-order valence-electron chi connectivity index (χ2n) is 8.84. The van der Waals surface area contributed by atoms with E-state index in [1.54, 1.807) is 18.2 Å². The molecule has 38 heavy (non-hydrogen) atoms. The molecular formula is C24H12BrCl7N2O4. The molecule has 2 aromatic carbocycles. The van der Waals surface area contributed by atoms with E-state index < -0.39 is 56.0 Å². The summed E-state index contributed by atoms with van der Waals surface area (Å²) in [6.07, 6.45) is 0. The molecule has 0 radical (unpaired) electrons. The van der Waals surface area contributed by atoms with Crippen LogP contribution in [0.2, 0.25) is 5.02 Å². The van der Waals surface area contributed by atoms with Crippen LogP contribution in [-0.4, -0.2) is 54.1 Å². The molecule has 5 rings (SSSR count). The summed E-state index contributed by atoms with van der Waals surface area (Å²) in [4.78, 5) is 50.6. The molecule has 0 aromatic heterocycles. The van der Waals surface area contributed by atoms with E-state index in [4.69, 9.17) is 81.2 Å². The van der Waals surface area contributed by atoms with Crippen LogP contribution in [0.5, 0.6) is 0 Å². The monoisotopic (exact) mass is 716 g/mol. The van der Waals surface area contributed by atoms with Crippen molar-refractivity contribution in [1.82, 2.24) is 10.0 Å². The third-order valence-electron chi connectivity index (χ3n) is 6.93. The van der Waals surface area contributed by atoms with E-state index in [9.17, 15) is 19.2 Å². The summed E-state index contributed by atoms with van der Waals surface area (Å²) in [7, 11) is 0. The van der Waals surface area contributed by atoms with Crippen LogP contribution in [0.25, 0.3) is 0 Å². The van der Waals surface area contributed by atoms with Crippen LogP contribution >= 0.6 is 97.1 Å². The predicted molar refractivity (Wildman–Crippen MR) is 150 cm³/mol. The highest BCUT2D eigenvalue weighted by atomic mass is 79.9. The minimum atomic E-state index is -2.14. The third-order valence-corrected chi connectivity index (χ3v) is 12.0. The van der Waals surface area contributed by atoms with E-state index >= 15 is 0 Å². The van der Waals surface area contributed by atoms with Crippen molar-refractivity contribution in [1.29, 1.82) is 0 Å². The largest absolute Gasteiger partial charge is 0.292 e. The standard InChI is InChI=1S/C24H12BrCl7N2O4/c25-11-7-5-10(6-8-11)14(35)9-33(19(36)12-3-1-2-4-13(12)26)34-20(37)15-16(21(34)38)23(30)18(28)17(27)22(15,29)24(23,31)32/h1-8,15-16H,9H2/t15-,16-,22+,23+/m0/s1. The Morgan fingerprint density at radius 2 is 1.34 bits per heavy atom. The van der Waals surface area contributed by atoms with Crippen molar-refractivity contribution in [2.75, 3.05) is 6.54 Å². The molecule has 6 nitrogen and oxygen atoms in total. The van der Waals surface area contributed by atoms with Gasteiger partial charge in [-0.25, -0.2) is 5.01 Å². The second-order valence-corrected chi connectivity index (χ2v) is 13.4. The summed E-state index contributed by atoms with van der Waals surface area (Å²) < 4.78 is -1.42. The quantitative estimate of drug-likeness (QED) is 0.194. The number of ketones is 1. The first-order valence-corrected chi connectivity index (χ1v) is 14.2. The SMILES string of the molecule is O=C(CN(C(=O)c1ccccc1Cl)N1C(=O)[C@@H]2[C@@H](C1=O)[C@@]1(Cl)C(Cl)=C(Cl)[C@@]2(Cl)C1(Cl)Cl)c1ccc(Br)cc1. The predicted octanol–water partition coefficient (Wildman–Crippen LogP) is 6.79. The van der Waals surface area contributed by atoms with Crippen molar-refractivity contribution >= 4 is 121 Å². The molecule has 2 bridgehead atoms. The van der Waals surface area contributed by atoms with Gasteiger partial charge in [-0.2, -0.15) is 5.01 Å². The van der Waals surface area contributed by atoms with Crippen molar-refractivity contribution < 1.29 is 19.2 Å². The molecule has 1 aliphatic heterocycles. The molecule has 2 aliphatic carbocycles. The van der Waals surface area contributed by atoms with Crippen LogP contribution in [0.4, 0.5) is 0 Å². The van der Waals surface area contributed by atoms with Gasteiger partial charge in [-0.3, -0.25) is 19.2 Å². The first-order chi connectivity index (χ1) is 17.7. The van der Waals surface area contributed by atoms with Crippen LogP contribution in [0, 0.1) is 11.8 Å². The van der Waals surface area contributed by atoms with Crippen LogP contribution < -0.4 is 0 Å². The first kappa shape index (κ1) is 28.5. The summed E-state index contributed by atoms with van der Waals surface area (Å²) in [5.74, 6) is -6.38. The smallest absolute Gasteiger partial charge is 0.274 e. The molecule has 3 aliphatic rings. The van der Waals surface area contributed by atoms with Gasteiger partial charge in [0.2, 0.25) is 0 Å². The Kier molecular flexibility index (Phi) is 7.14. The number of benzene rings is 2. The average Bonchev–Trinajstić information content (AvgIpc) is 3.26. The summed E-state index contributed by atoms with van der Waals surface area (Å²) in [6, 6.07) is 12.3. The lowest BCUT2D eigenvalue weighted by Crippen LogP contribution is -2.56. The number of allylic oxidation sites excluding steroid dienone is 2. The number of carbonyl (C=O) groups excluding carboxylic acids is 4. The summed E-state index contributed by atoms with van der Waals surface area (Å²) in [5.41, 5.74) is 0.165. The molecular weight excluding hydrogens is 708 g/mol. The maximum atomic E-state index is 13.9. The van der Waals surface area contributed by atoms with Gasteiger partial charge >= 0.3 is 0 Å². The molecule has 1 saturated heterocycles. The summed E-state index contributed by atoms with van der Waals surface area (Å²) >= 11 is 48.9. The van der Waals surface area contributed by atoms with E-state index in [0.29, 0.717) is 10.0 Å². The molecule has 4 atom stereocenters. The topological polar surface area (TPSA) is 74.8 Å². The molecule has 14 heteroatoms. The van der Waals surface area contributed by atoms with Crippen LogP contribution in [-0.2, 0) is 9.59 Å². The van der Waals surface area contributed by atoms with E-state index in [1.165, 1.54) is 30.3 Å². The molecule has 0 spiro atoms. The molecule has 3 amide bonds. The zero-order chi connectivity index (χ0) is 27.9. The number of alkyl halides is 4. The molecule has 1 saturated carbocycles. The molecule has 1 heterocycles. The lowest BCUT2D eigenvalue weighted by atomic mass is 9.84. The van der Waals surface area contributed by atoms with Crippen molar-refractivity contribution in [3.63, 3.8) is 0 Å². The van der Waals surface area contributed by atoms with Crippen molar-refractivity contribution in [3.8, 4) is 0 Å². The van der Waals surface area contributed by atoms with Crippen molar-refractivity contribution in [2.45, 2.75) is 14.1 Å². The number of nitrogens with zero attached hydrogens (tertiary/aromatic N) is 2. The van der Waals surface area contributed by atoms with E-state index in [1.807, 2.05) is 0 Å². The van der Waals surface area contributed by atoms with Crippen molar-refractivity contribution in [2.24, 2.45) is 11.8 Å². The van der Waals surface area contributed by atoms with Gasteiger partial charge in [0.15, 0.2) is 10.1 Å². The number of hydrogen-bond acceptors (Lipinski definition) is 4. The zero-order valence-electron chi connectivity index (χ0n) is 18.5. The van der Waals surface area contributed by atoms with Crippen LogP contribution in [0.1, 0.15) is 20.7 Å². The van der Waals surface area contributed by atoms with Crippen LogP contribution in [0.3, 0.4) is 0 Å². The highest BCUT2D eigenvalue weighted by molar-refractivity contribution is 9.10. The lowest BCUT2D eigenvalue weighted by molar-refractivity contribution is -0.154. The summed E-state index contributed by atoms with van der Waals surface area (Å²) in [5, 5.41) is 0.726. The Hall–Kier alpha value is -1.03. The number of halogens is 8. The minimum Gasteiger partial charge on any atom is -0.292 e. The number of carbonyl (C=O) groups is 4. The number of imide groups is 1. The van der Waals surface area contributed by atoms with Gasteiger partial charge in [-0.05, 0) is 24.3 Å². The highest BCUT2D eigenvalue weighted by Crippen LogP contribution is 2.77. The molecule has 2 fully saturated rings. The number of fused-ring (bicyclic) bond motifs is 5. The van der Waals surface area contributed by atoms with E-state index in [0.717, 1.165) is 4.47 Å². The zero-order valence-corrected chi connectivity index (χ0v) is 25.4. The first-order valence-electron chi connectivity index (χ1n) is 10.8. The van der Waals surface area contributed by atoms with Gasteiger partial charge in [-0.15, -0.1) is 23.2 Å². The van der Waals surface area contributed by atoms with Gasteiger partial charge in [0.1, 0.15) is 16.3 Å². The third kappa shape index (κ3) is 3.59. The van der Waals surface area contributed by atoms with E-state index in [2.05, 4.69) is 15.9 Å². The molecule has 0 N–H and O–H groups in total. The Morgan fingerprint density at radius 3 is 1.84 bits per heavy atom. The Labute approximate surface area is 259 Å². The Bertz CT molecular complexity index is 1420. The summed E-state index contributed by atoms with van der Waals surface area (Å²) in [6.45, 7) is -0.699. The maximum absolute atomic E-state index is 13.9. The second kappa shape index (κ2) is 9.52. The fraction of sp³-hybridized carbons (Fsp3) is 0.250. The van der Waals surface area contributed by atoms with Gasteiger partial charge < -0.3 is 0 Å². The fourth-order valence-corrected chi connectivity index (χ4v) is 8.50.